The Labute approximate surface area is 164 Å². The number of alkyl halides is 9. The van der Waals surface area contributed by atoms with Gasteiger partial charge in [0.1, 0.15) is 0 Å². The molecule has 0 amide bonds. The third kappa shape index (κ3) is 17.7. The maximum atomic E-state index is 10.7. The van der Waals surface area contributed by atoms with Crippen LogP contribution in [0.15, 0.2) is 0 Å². The van der Waals surface area contributed by atoms with Crippen molar-refractivity contribution in [2.45, 2.75) is 16.5 Å². The molecule has 0 aliphatic heterocycles. The fourth-order valence-corrected chi connectivity index (χ4v) is 0. The molecule has 0 saturated heterocycles. The first kappa shape index (κ1) is 37.1. The Morgan fingerprint density at radius 1 is 0.462 bits per heavy atom. The number of hydrogen-bond acceptors (Lipinski definition) is 9. The second-order valence-corrected chi connectivity index (χ2v) is 6.81. The quantitative estimate of drug-likeness (QED) is 0.160. The van der Waals surface area contributed by atoms with Gasteiger partial charge in [0.25, 0.3) is 0 Å². The Morgan fingerprint density at radius 2 is 0.500 bits per heavy atom. The molecule has 0 heterocycles. The van der Waals surface area contributed by atoms with E-state index in [1.54, 1.807) is 0 Å². The van der Waals surface area contributed by atoms with E-state index < -0.39 is 46.9 Å². The molecule has 26 heavy (non-hydrogen) atoms. The average molecular weight is 614 g/mol. The summed E-state index contributed by atoms with van der Waals surface area (Å²) < 4.78 is 177. The second kappa shape index (κ2) is 11.4. The van der Waals surface area contributed by atoms with E-state index in [9.17, 15) is 39.5 Å². The van der Waals surface area contributed by atoms with Crippen molar-refractivity contribution >= 4 is 30.4 Å². The van der Waals surface area contributed by atoms with Crippen LogP contribution in [0.4, 0.5) is 39.5 Å². The van der Waals surface area contributed by atoms with Crippen LogP contribution < -0.4 is 0 Å². The molecule has 23 heteroatoms. The smallest absolute Gasteiger partial charge is 0.741 e. The third-order valence-electron chi connectivity index (χ3n) is 0.850. The maximum absolute atomic E-state index is 10.7. The fourth-order valence-electron chi connectivity index (χ4n) is 0. The minimum Gasteiger partial charge on any atom is -0.741 e. The molecule has 0 saturated carbocycles. The molecule has 0 atom stereocenters. The van der Waals surface area contributed by atoms with Crippen molar-refractivity contribution in [2.24, 2.45) is 0 Å². The summed E-state index contributed by atoms with van der Waals surface area (Å²) in [6.07, 6.45) is 0. The Balaban J connectivity index is -0.0000000817. The molecule has 0 aromatic heterocycles. The van der Waals surface area contributed by atoms with E-state index in [-0.39, 0.29) is 38.9 Å². The molecule has 0 aromatic carbocycles. The van der Waals surface area contributed by atoms with Crippen molar-refractivity contribution in [1.29, 1.82) is 0 Å². The van der Waals surface area contributed by atoms with Gasteiger partial charge in [0.15, 0.2) is 30.4 Å². The zero-order chi connectivity index (χ0) is 21.0. The van der Waals surface area contributed by atoms with Crippen molar-refractivity contribution in [3.8, 4) is 0 Å². The van der Waals surface area contributed by atoms with E-state index in [2.05, 4.69) is 0 Å². The minimum absolute atomic E-state index is 0. The van der Waals surface area contributed by atoms with E-state index in [1.807, 2.05) is 0 Å². The van der Waals surface area contributed by atoms with Crippen LogP contribution in [0, 0.1) is 0 Å². The Bertz CT molecular complexity index is 602. The van der Waals surface area contributed by atoms with E-state index >= 15 is 0 Å². The van der Waals surface area contributed by atoms with Gasteiger partial charge < -0.3 is 13.7 Å². The molecule has 0 aliphatic carbocycles. The maximum Gasteiger partial charge on any atom is 2.00 e. The molecular formula is C3AgF9NiO9S3. The van der Waals surface area contributed by atoms with Gasteiger partial charge in [0.2, 0.25) is 0 Å². The summed E-state index contributed by atoms with van der Waals surface area (Å²) in [6, 6.07) is 0. The largest absolute Gasteiger partial charge is 2.00 e. The summed E-state index contributed by atoms with van der Waals surface area (Å²) in [7, 11) is -18.3. The molecule has 0 radical (unpaired) electrons. The van der Waals surface area contributed by atoms with Gasteiger partial charge in [-0.05, 0) is 0 Å². The van der Waals surface area contributed by atoms with Gasteiger partial charge in [-0.1, -0.05) is 0 Å². The van der Waals surface area contributed by atoms with Gasteiger partial charge in [0, 0.05) is 0 Å². The zero-order valence-corrected chi connectivity index (χ0v) is 15.3. The van der Waals surface area contributed by atoms with Crippen LogP contribution >= 0.6 is 0 Å². The topological polar surface area (TPSA) is 172 Å². The van der Waals surface area contributed by atoms with Crippen LogP contribution in [-0.4, -0.2) is 55.4 Å². The van der Waals surface area contributed by atoms with Crippen LogP contribution in [0.5, 0.6) is 0 Å². The number of halogens is 9. The van der Waals surface area contributed by atoms with Crippen LogP contribution in [0.1, 0.15) is 0 Å². The average Bonchev–Trinajstić information content (AvgIpc) is 2.08. The van der Waals surface area contributed by atoms with E-state index in [0.29, 0.717) is 0 Å². The Hall–Kier alpha value is 0.334. The van der Waals surface area contributed by atoms with E-state index in [0.717, 1.165) is 0 Å². The molecule has 168 valence electrons. The van der Waals surface area contributed by atoms with Gasteiger partial charge in [-0.3, -0.25) is 0 Å². The molecule has 0 unspecified atom stereocenters. The number of hydrogen-bond donors (Lipinski definition) is 0. The summed E-state index contributed by atoms with van der Waals surface area (Å²) in [5.41, 5.74) is -16.9. The number of rotatable bonds is 0. The van der Waals surface area contributed by atoms with Crippen molar-refractivity contribution in [1.82, 2.24) is 0 Å². The summed E-state index contributed by atoms with van der Waals surface area (Å²) in [6.45, 7) is 0. The van der Waals surface area contributed by atoms with Crippen LogP contribution in [0.25, 0.3) is 0 Å². The Morgan fingerprint density at radius 3 is 0.500 bits per heavy atom. The molecule has 0 fully saturated rings. The summed E-state index contributed by atoms with van der Waals surface area (Å²) in [5.74, 6) is 0. The zero-order valence-electron chi connectivity index (χ0n) is 10.4. The van der Waals surface area contributed by atoms with Gasteiger partial charge >= 0.3 is 55.4 Å². The molecule has 9 nitrogen and oxygen atoms in total. The van der Waals surface area contributed by atoms with Crippen LogP contribution in [0.2, 0.25) is 0 Å². The minimum atomic E-state index is -6.09. The third-order valence-corrected chi connectivity index (χ3v) is 2.55. The molecule has 0 bridgehead atoms. The molecule has 0 spiro atoms. The molecule has 0 rings (SSSR count). The predicted molar refractivity (Wildman–Crippen MR) is 47.3 cm³/mol. The summed E-state index contributed by atoms with van der Waals surface area (Å²) in [5, 5.41) is 0. The fraction of sp³-hybridized carbons (Fsp3) is 1.00. The predicted octanol–water partition coefficient (Wildman–Crippen LogP) is 0.149. The SMILES string of the molecule is O=S(=O)([O-])C(F)(F)F.O=S(=O)([O-])C(F)(F)F.O=S(=O)([O-])C(F)(F)F.[Ag+].[Ni+2]. The molecule has 0 aromatic rings. The van der Waals surface area contributed by atoms with Gasteiger partial charge in [0.05, 0.1) is 0 Å². The normalized spacial score (nSPS) is 12.9. The standard InChI is InChI=1S/3CHF3O3S.Ag.Ni/c3*2-1(3,4)8(5,6)7;;/h3*(H,5,6,7);;/q;;;+1;+2/p-3. The van der Waals surface area contributed by atoms with Crippen molar-refractivity contribution in [3.05, 3.63) is 0 Å². The summed E-state index contributed by atoms with van der Waals surface area (Å²) in [4.78, 5) is 0. The first-order valence-electron chi connectivity index (χ1n) is 3.81. The molecule has 0 N–H and O–H groups in total. The van der Waals surface area contributed by atoms with Crippen molar-refractivity contribution < 1.29 is 117 Å². The van der Waals surface area contributed by atoms with Gasteiger partial charge in [-0.2, -0.15) is 39.5 Å². The van der Waals surface area contributed by atoms with Gasteiger partial charge in [-0.15, -0.1) is 0 Å². The Kier molecular flexibility index (Phi) is 16.2. The van der Waals surface area contributed by atoms with Crippen molar-refractivity contribution in [2.75, 3.05) is 0 Å². The first-order valence-corrected chi connectivity index (χ1v) is 8.04. The van der Waals surface area contributed by atoms with Crippen LogP contribution in [-0.2, 0) is 69.2 Å². The molecular weight excluding hydrogens is 614 g/mol. The first-order chi connectivity index (χ1) is 9.75. The monoisotopic (exact) mass is 612 g/mol. The van der Waals surface area contributed by atoms with E-state index in [1.165, 1.54) is 0 Å². The van der Waals surface area contributed by atoms with Crippen molar-refractivity contribution in [3.63, 3.8) is 0 Å². The second-order valence-electron chi connectivity index (χ2n) is 2.70. The van der Waals surface area contributed by atoms with Gasteiger partial charge in [-0.25, -0.2) is 25.3 Å². The summed E-state index contributed by atoms with van der Waals surface area (Å²) >= 11 is 0. The molecule has 0 aliphatic rings. The van der Waals surface area contributed by atoms with Crippen LogP contribution in [0.3, 0.4) is 0 Å². The van der Waals surface area contributed by atoms with E-state index in [4.69, 9.17) is 38.9 Å².